The molecule has 0 spiro atoms. The van der Waals surface area contributed by atoms with E-state index in [-0.39, 0.29) is 5.91 Å². The molecule has 0 saturated carbocycles. The van der Waals surface area contributed by atoms with E-state index in [2.05, 4.69) is 15.4 Å². The average molecular weight is 382 g/mol. The van der Waals surface area contributed by atoms with Gasteiger partial charge in [0, 0.05) is 48.9 Å². The Morgan fingerprint density at radius 2 is 1.71 bits per heavy atom. The van der Waals surface area contributed by atoms with Crippen molar-refractivity contribution in [1.82, 2.24) is 20.1 Å². The van der Waals surface area contributed by atoms with Gasteiger partial charge in [0.25, 0.3) is 5.91 Å². The van der Waals surface area contributed by atoms with Crippen molar-refractivity contribution in [2.75, 3.05) is 21.3 Å². The first-order valence-electron chi connectivity index (χ1n) is 8.57. The number of rotatable bonds is 7. The fraction of sp³-hybridized carbons (Fsp3) is 0.250. The number of benzene rings is 1. The number of hydrogen-bond donors (Lipinski definition) is 1. The summed E-state index contributed by atoms with van der Waals surface area (Å²) in [6, 6.07) is 5.20. The number of nitrogens with zero attached hydrogens (tertiary/aromatic N) is 3. The monoisotopic (exact) mass is 382 g/mol. The highest BCUT2D eigenvalue weighted by Gasteiger charge is 2.17. The zero-order chi connectivity index (χ0) is 20.1. The van der Waals surface area contributed by atoms with Gasteiger partial charge in [-0.05, 0) is 23.8 Å². The molecule has 0 fully saturated rings. The molecule has 0 radical (unpaired) electrons. The van der Waals surface area contributed by atoms with Gasteiger partial charge in [-0.15, -0.1) is 0 Å². The number of amides is 1. The maximum Gasteiger partial charge on any atom is 0.251 e. The fourth-order valence-electron chi connectivity index (χ4n) is 2.81. The second-order valence-electron chi connectivity index (χ2n) is 6.08. The SMILES string of the molecule is COc1cc(C(=O)NCc2cncc(-c3cnn(C)c3)c2)cc(OC)c1OC. The van der Waals surface area contributed by atoms with Crippen LogP contribution in [0.15, 0.2) is 43.0 Å². The molecule has 0 saturated heterocycles. The number of aryl methyl sites for hydroxylation is 1. The minimum absolute atomic E-state index is 0.258. The molecule has 1 aromatic carbocycles. The Hall–Kier alpha value is -3.55. The molecule has 0 unspecified atom stereocenters. The van der Waals surface area contributed by atoms with Crippen LogP contribution in [-0.2, 0) is 13.6 Å². The average Bonchev–Trinajstić information content (AvgIpc) is 3.17. The number of pyridine rings is 1. The van der Waals surface area contributed by atoms with Crippen molar-refractivity contribution < 1.29 is 19.0 Å². The van der Waals surface area contributed by atoms with Gasteiger partial charge in [0.2, 0.25) is 5.75 Å². The molecule has 0 aliphatic carbocycles. The van der Waals surface area contributed by atoms with Crippen LogP contribution >= 0.6 is 0 Å². The molecule has 3 rings (SSSR count). The van der Waals surface area contributed by atoms with E-state index in [0.29, 0.717) is 29.4 Å². The quantitative estimate of drug-likeness (QED) is 0.675. The van der Waals surface area contributed by atoms with Gasteiger partial charge in [0.1, 0.15) is 0 Å². The highest BCUT2D eigenvalue weighted by Crippen LogP contribution is 2.38. The van der Waals surface area contributed by atoms with Crippen LogP contribution in [0, 0.1) is 0 Å². The summed E-state index contributed by atoms with van der Waals surface area (Å²) in [5, 5.41) is 7.06. The van der Waals surface area contributed by atoms with Crippen LogP contribution < -0.4 is 19.5 Å². The largest absolute Gasteiger partial charge is 0.493 e. The molecule has 3 aromatic rings. The molecule has 0 bridgehead atoms. The van der Waals surface area contributed by atoms with E-state index in [4.69, 9.17) is 14.2 Å². The third-order valence-corrected chi connectivity index (χ3v) is 4.21. The third-order valence-electron chi connectivity index (χ3n) is 4.21. The molecule has 2 aromatic heterocycles. The predicted molar refractivity (Wildman–Crippen MR) is 104 cm³/mol. The first kappa shape index (κ1) is 19.2. The maximum absolute atomic E-state index is 12.6. The molecule has 1 N–H and O–H groups in total. The van der Waals surface area contributed by atoms with E-state index >= 15 is 0 Å². The number of carbonyl (C=O) groups is 1. The van der Waals surface area contributed by atoms with Crippen LogP contribution in [0.1, 0.15) is 15.9 Å². The molecule has 0 atom stereocenters. The lowest BCUT2D eigenvalue weighted by Crippen LogP contribution is -2.23. The molecule has 146 valence electrons. The van der Waals surface area contributed by atoms with Crippen LogP contribution in [0.5, 0.6) is 17.2 Å². The summed E-state index contributed by atoms with van der Waals surface area (Å²) >= 11 is 0. The Labute approximate surface area is 163 Å². The lowest BCUT2D eigenvalue weighted by atomic mass is 10.1. The van der Waals surface area contributed by atoms with Gasteiger partial charge < -0.3 is 19.5 Å². The zero-order valence-corrected chi connectivity index (χ0v) is 16.2. The van der Waals surface area contributed by atoms with E-state index in [0.717, 1.165) is 16.7 Å². The Kier molecular flexibility index (Phi) is 5.78. The molecule has 8 heteroatoms. The van der Waals surface area contributed by atoms with Crippen LogP contribution in [0.3, 0.4) is 0 Å². The number of carbonyl (C=O) groups excluding carboxylic acids is 1. The standard InChI is InChI=1S/C20H22N4O4/c1-24-12-16(11-23-24)15-5-13(8-21-10-15)9-22-20(25)14-6-17(26-2)19(28-4)18(7-14)27-3/h5-8,10-12H,9H2,1-4H3,(H,22,25). The summed E-state index contributed by atoms with van der Waals surface area (Å²) in [4.78, 5) is 16.9. The Morgan fingerprint density at radius 3 is 2.29 bits per heavy atom. The highest BCUT2D eigenvalue weighted by atomic mass is 16.5. The van der Waals surface area contributed by atoms with Crippen molar-refractivity contribution in [1.29, 1.82) is 0 Å². The summed E-state index contributed by atoms with van der Waals surface area (Å²) in [6.45, 7) is 0.330. The summed E-state index contributed by atoms with van der Waals surface area (Å²) in [7, 11) is 6.39. The highest BCUT2D eigenvalue weighted by molar-refractivity contribution is 5.95. The smallest absolute Gasteiger partial charge is 0.251 e. The fourth-order valence-corrected chi connectivity index (χ4v) is 2.81. The van der Waals surface area contributed by atoms with E-state index in [1.54, 1.807) is 35.4 Å². The molecular weight excluding hydrogens is 360 g/mol. The number of methoxy groups -OCH3 is 3. The van der Waals surface area contributed by atoms with Crippen LogP contribution in [0.2, 0.25) is 0 Å². The van der Waals surface area contributed by atoms with Gasteiger partial charge in [-0.25, -0.2) is 0 Å². The van der Waals surface area contributed by atoms with Gasteiger partial charge in [-0.1, -0.05) is 0 Å². The summed E-state index contributed by atoms with van der Waals surface area (Å²) in [6.07, 6.45) is 7.17. The molecule has 0 aliphatic heterocycles. The molecule has 8 nitrogen and oxygen atoms in total. The molecule has 1 amide bonds. The third kappa shape index (κ3) is 4.06. The molecular formula is C20H22N4O4. The van der Waals surface area contributed by atoms with Crippen LogP contribution in [-0.4, -0.2) is 42.0 Å². The van der Waals surface area contributed by atoms with E-state index in [1.807, 2.05) is 19.3 Å². The summed E-state index contributed by atoms with van der Waals surface area (Å²) in [5.74, 6) is 1.03. The Balaban J connectivity index is 1.76. The lowest BCUT2D eigenvalue weighted by molar-refractivity contribution is 0.0950. The lowest BCUT2D eigenvalue weighted by Gasteiger charge is -2.14. The van der Waals surface area contributed by atoms with E-state index < -0.39 is 0 Å². The van der Waals surface area contributed by atoms with Gasteiger partial charge in [-0.2, -0.15) is 5.10 Å². The molecule has 0 aliphatic rings. The number of aromatic nitrogens is 3. The minimum atomic E-state index is -0.258. The van der Waals surface area contributed by atoms with Gasteiger partial charge in [-0.3, -0.25) is 14.5 Å². The van der Waals surface area contributed by atoms with Crippen molar-refractivity contribution in [3.8, 4) is 28.4 Å². The minimum Gasteiger partial charge on any atom is -0.493 e. The normalized spacial score (nSPS) is 10.4. The maximum atomic E-state index is 12.6. The van der Waals surface area contributed by atoms with Crippen molar-refractivity contribution in [2.45, 2.75) is 6.54 Å². The van der Waals surface area contributed by atoms with E-state index in [9.17, 15) is 4.79 Å². The van der Waals surface area contributed by atoms with E-state index in [1.165, 1.54) is 21.3 Å². The topological polar surface area (TPSA) is 87.5 Å². The van der Waals surface area contributed by atoms with Crippen molar-refractivity contribution in [3.63, 3.8) is 0 Å². The number of ether oxygens (including phenoxy) is 3. The second-order valence-corrected chi connectivity index (χ2v) is 6.08. The zero-order valence-electron chi connectivity index (χ0n) is 16.2. The van der Waals surface area contributed by atoms with Crippen LogP contribution in [0.25, 0.3) is 11.1 Å². The van der Waals surface area contributed by atoms with Crippen molar-refractivity contribution >= 4 is 5.91 Å². The first-order valence-corrected chi connectivity index (χ1v) is 8.57. The van der Waals surface area contributed by atoms with Crippen molar-refractivity contribution in [2.24, 2.45) is 7.05 Å². The molecule has 2 heterocycles. The summed E-state index contributed by atoms with van der Waals surface area (Å²) < 4.78 is 17.6. The first-order chi connectivity index (χ1) is 13.5. The van der Waals surface area contributed by atoms with Gasteiger partial charge in [0.15, 0.2) is 11.5 Å². The van der Waals surface area contributed by atoms with Crippen LogP contribution in [0.4, 0.5) is 0 Å². The summed E-state index contributed by atoms with van der Waals surface area (Å²) in [5.41, 5.74) is 3.19. The number of hydrogen-bond acceptors (Lipinski definition) is 6. The van der Waals surface area contributed by atoms with Crippen molar-refractivity contribution in [3.05, 3.63) is 54.1 Å². The Morgan fingerprint density at radius 1 is 1.00 bits per heavy atom. The predicted octanol–water partition coefficient (Wildman–Crippen LogP) is 2.44. The van der Waals surface area contributed by atoms with Gasteiger partial charge in [0.05, 0.1) is 27.5 Å². The molecule has 28 heavy (non-hydrogen) atoms. The number of nitrogens with one attached hydrogen (secondary N) is 1. The second kappa shape index (κ2) is 8.43. The van der Waals surface area contributed by atoms with Gasteiger partial charge >= 0.3 is 0 Å². The Bertz CT molecular complexity index is 959.